The van der Waals surface area contributed by atoms with E-state index in [2.05, 4.69) is 21.7 Å². The Labute approximate surface area is 210 Å². The van der Waals surface area contributed by atoms with E-state index in [4.69, 9.17) is 23.6 Å². The maximum absolute atomic E-state index is 12.1. The van der Waals surface area contributed by atoms with E-state index in [1.807, 2.05) is 18.3 Å². The van der Waals surface area contributed by atoms with Gasteiger partial charge in [-0.3, -0.25) is 9.88 Å². The number of benzene rings is 1. The molecule has 0 atom stereocenters. The van der Waals surface area contributed by atoms with E-state index in [9.17, 15) is 4.79 Å². The van der Waals surface area contributed by atoms with Crippen LogP contribution in [-0.2, 0) is 11.3 Å². The Morgan fingerprint density at radius 2 is 2.03 bits per heavy atom. The van der Waals surface area contributed by atoms with E-state index < -0.39 is 5.97 Å². The highest BCUT2D eigenvalue weighted by molar-refractivity contribution is 5.92. The van der Waals surface area contributed by atoms with Crippen molar-refractivity contribution in [3.63, 3.8) is 0 Å². The molecule has 1 saturated heterocycles. The van der Waals surface area contributed by atoms with Crippen LogP contribution in [0, 0.1) is 0 Å². The molecule has 8 heteroatoms. The number of piperidine rings is 1. The second-order valence-electron chi connectivity index (χ2n) is 9.03. The van der Waals surface area contributed by atoms with Gasteiger partial charge < -0.3 is 23.2 Å². The summed E-state index contributed by atoms with van der Waals surface area (Å²) in [5.41, 5.74) is 5.12. The molecule has 188 valence electrons. The van der Waals surface area contributed by atoms with Crippen molar-refractivity contribution in [2.24, 2.45) is 0 Å². The molecule has 5 rings (SSSR count). The minimum Gasteiger partial charge on any atom is -0.497 e. The third-order valence-corrected chi connectivity index (χ3v) is 6.88. The predicted molar refractivity (Wildman–Crippen MR) is 136 cm³/mol. The molecule has 1 aromatic carbocycles. The molecule has 0 radical (unpaired) electrons. The lowest BCUT2D eigenvalue weighted by Crippen LogP contribution is -2.36. The average molecular weight is 490 g/mol. The Morgan fingerprint density at radius 3 is 2.78 bits per heavy atom. The Morgan fingerprint density at radius 1 is 1.17 bits per heavy atom. The molecular weight excluding hydrogens is 458 g/mol. The number of likely N-dealkylation sites (tertiary alicyclic amines) is 1. The molecule has 1 aliphatic heterocycles. The fraction of sp³-hybridized carbons (Fsp3) is 0.357. The summed E-state index contributed by atoms with van der Waals surface area (Å²) in [5.74, 6) is 1.16. The van der Waals surface area contributed by atoms with Gasteiger partial charge in [0, 0.05) is 30.6 Å². The average Bonchev–Trinajstić information content (AvgIpc) is 3.57. The highest BCUT2D eigenvalue weighted by atomic mass is 16.5. The Hall–Kier alpha value is -3.78. The summed E-state index contributed by atoms with van der Waals surface area (Å²) in [7, 11) is 2.95. The van der Waals surface area contributed by atoms with Gasteiger partial charge in [0.25, 0.3) is 0 Å². The smallest absolute Gasteiger partial charge is 0.341 e. The van der Waals surface area contributed by atoms with Gasteiger partial charge in [-0.25, -0.2) is 4.79 Å². The molecule has 0 saturated carbocycles. The number of ether oxygens (including phenoxy) is 3. The third kappa shape index (κ3) is 5.09. The van der Waals surface area contributed by atoms with Crippen molar-refractivity contribution in [3.05, 3.63) is 78.0 Å². The quantitative estimate of drug-likeness (QED) is 0.315. The third-order valence-electron chi connectivity index (χ3n) is 6.88. The lowest BCUT2D eigenvalue weighted by Gasteiger charge is -2.31. The zero-order chi connectivity index (χ0) is 24.9. The van der Waals surface area contributed by atoms with E-state index >= 15 is 0 Å². The van der Waals surface area contributed by atoms with Gasteiger partial charge in [-0.05, 0) is 67.7 Å². The van der Waals surface area contributed by atoms with E-state index in [0.717, 1.165) is 55.6 Å². The van der Waals surface area contributed by atoms with Crippen LogP contribution in [0.15, 0.2) is 65.7 Å². The van der Waals surface area contributed by atoms with Crippen molar-refractivity contribution < 1.29 is 23.4 Å². The Balaban J connectivity index is 1.20. The number of carbonyl (C=O) groups is 1. The topological polar surface area (TPSA) is 79.0 Å². The molecule has 0 spiro atoms. The second-order valence-corrected chi connectivity index (χ2v) is 9.03. The number of hydrogen-bond acceptors (Lipinski definition) is 7. The SMILES string of the molecule is COC(=O)c1ccc(OC)cc1OCCN1CCC(c2cn(Cc3ccoc3)c3cccnc23)CC1. The van der Waals surface area contributed by atoms with Gasteiger partial charge in [-0.1, -0.05) is 0 Å². The van der Waals surface area contributed by atoms with Crippen molar-refractivity contribution in [2.45, 2.75) is 25.3 Å². The zero-order valence-corrected chi connectivity index (χ0v) is 20.7. The summed E-state index contributed by atoms with van der Waals surface area (Å²) < 4.78 is 23.7. The van der Waals surface area contributed by atoms with Gasteiger partial charge in [0.05, 0.1) is 44.3 Å². The van der Waals surface area contributed by atoms with Crippen LogP contribution in [-0.4, -0.2) is 60.9 Å². The predicted octanol–water partition coefficient (Wildman–Crippen LogP) is 4.73. The summed E-state index contributed by atoms with van der Waals surface area (Å²) >= 11 is 0. The largest absolute Gasteiger partial charge is 0.497 e. The number of esters is 1. The highest BCUT2D eigenvalue weighted by Crippen LogP contribution is 2.34. The number of aromatic nitrogens is 2. The second kappa shape index (κ2) is 10.9. The first-order valence-electron chi connectivity index (χ1n) is 12.2. The van der Waals surface area contributed by atoms with E-state index in [0.29, 0.717) is 29.6 Å². The fourth-order valence-electron chi connectivity index (χ4n) is 4.94. The normalized spacial score (nSPS) is 14.7. The van der Waals surface area contributed by atoms with Crippen LogP contribution in [0.3, 0.4) is 0 Å². The van der Waals surface area contributed by atoms with E-state index in [1.165, 1.54) is 12.7 Å². The van der Waals surface area contributed by atoms with Crippen LogP contribution in [0.2, 0.25) is 0 Å². The number of carbonyl (C=O) groups excluding carboxylic acids is 1. The molecule has 1 aliphatic rings. The Bertz CT molecular complexity index is 1310. The molecule has 36 heavy (non-hydrogen) atoms. The molecule has 3 aromatic heterocycles. The van der Waals surface area contributed by atoms with Crippen LogP contribution >= 0.6 is 0 Å². The van der Waals surface area contributed by atoms with Crippen molar-refractivity contribution in [1.29, 1.82) is 0 Å². The number of pyridine rings is 1. The van der Waals surface area contributed by atoms with Gasteiger partial charge >= 0.3 is 5.97 Å². The summed E-state index contributed by atoms with van der Waals surface area (Å²) in [6, 6.07) is 11.3. The van der Waals surface area contributed by atoms with Crippen molar-refractivity contribution in [3.8, 4) is 11.5 Å². The van der Waals surface area contributed by atoms with Crippen LogP contribution in [0.25, 0.3) is 11.0 Å². The lowest BCUT2D eigenvalue weighted by atomic mass is 9.90. The minimum atomic E-state index is -0.422. The standard InChI is InChI=1S/C28H31N3O5/c1-33-22-5-6-23(28(32)34-2)26(16-22)36-15-13-30-11-7-21(8-12-30)24-18-31(17-20-9-14-35-19-20)25-4-3-10-29-27(24)25/h3-6,9-10,14,16,18-19,21H,7-8,11-13,15,17H2,1-2H3. The fourth-order valence-corrected chi connectivity index (χ4v) is 4.94. The minimum absolute atomic E-state index is 0.399. The van der Waals surface area contributed by atoms with Gasteiger partial charge in [0.15, 0.2) is 0 Å². The Kier molecular flexibility index (Phi) is 7.23. The van der Waals surface area contributed by atoms with Crippen molar-refractivity contribution in [2.75, 3.05) is 40.5 Å². The summed E-state index contributed by atoms with van der Waals surface area (Å²) in [5, 5.41) is 0. The lowest BCUT2D eigenvalue weighted by molar-refractivity contribution is 0.0595. The first kappa shape index (κ1) is 23.9. The number of nitrogens with zero attached hydrogens (tertiary/aromatic N) is 3. The summed E-state index contributed by atoms with van der Waals surface area (Å²) in [4.78, 5) is 19.2. The van der Waals surface area contributed by atoms with E-state index in [1.54, 1.807) is 37.8 Å². The van der Waals surface area contributed by atoms with Gasteiger partial charge in [0.1, 0.15) is 23.7 Å². The summed E-state index contributed by atoms with van der Waals surface area (Å²) in [6.45, 7) is 4.00. The van der Waals surface area contributed by atoms with Crippen LogP contribution < -0.4 is 9.47 Å². The molecule has 0 amide bonds. The van der Waals surface area contributed by atoms with Crippen LogP contribution in [0.4, 0.5) is 0 Å². The number of methoxy groups -OCH3 is 2. The molecule has 1 fully saturated rings. The van der Waals surface area contributed by atoms with Crippen molar-refractivity contribution >= 4 is 17.0 Å². The van der Waals surface area contributed by atoms with Gasteiger partial charge in [0.2, 0.25) is 0 Å². The molecule has 8 nitrogen and oxygen atoms in total. The zero-order valence-electron chi connectivity index (χ0n) is 20.7. The molecule has 4 aromatic rings. The van der Waals surface area contributed by atoms with Gasteiger partial charge in [-0.15, -0.1) is 0 Å². The molecule has 0 N–H and O–H groups in total. The van der Waals surface area contributed by atoms with Crippen LogP contribution in [0.1, 0.15) is 40.2 Å². The van der Waals surface area contributed by atoms with Crippen LogP contribution in [0.5, 0.6) is 11.5 Å². The number of rotatable bonds is 9. The molecule has 4 heterocycles. The monoisotopic (exact) mass is 489 g/mol. The molecule has 0 unspecified atom stereocenters. The molecule has 0 bridgehead atoms. The molecular formula is C28H31N3O5. The first-order valence-corrected chi connectivity index (χ1v) is 12.2. The number of hydrogen-bond donors (Lipinski definition) is 0. The number of fused-ring (bicyclic) bond motifs is 1. The summed E-state index contributed by atoms with van der Waals surface area (Å²) in [6.07, 6.45) is 9.78. The highest BCUT2D eigenvalue weighted by Gasteiger charge is 2.25. The maximum atomic E-state index is 12.1. The number of furan rings is 1. The van der Waals surface area contributed by atoms with E-state index in [-0.39, 0.29) is 0 Å². The molecule has 0 aliphatic carbocycles. The first-order chi connectivity index (χ1) is 17.7. The van der Waals surface area contributed by atoms with Crippen molar-refractivity contribution in [1.82, 2.24) is 14.5 Å². The van der Waals surface area contributed by atoms with Gasteiger partial charge in [-0.2, -0.15) is 0 Å². The maximum Gasteiger partial charge on any atom is 0.341 e.